The van der Waals surface area contributed by atoms with Gasteiger partial charge in [-0.15, -0.1) is 0 Å². The minimum Gasteiger partial charge on any atom is -0.356 e. The van der Waals surface area contributed by atoms with E-state index in [0.717, 1.165) is 31.2 Å². The van der Waals surface area contributed by atoms with Crippen molar-refractivity contribution in [2.24, 2.45) is 7.05 Å². The van der Waals surface area contributed by atoms with Crippen LogP contribution in [0.5, 0.6) is 0 Å². The smallest absolute Gasteiger partial charge is 0.203 e. The van der Waals surface area contributed by atoms with Crippen LogP contribution in [0.25, 0.3) is 0 Å². The minimum absolute atomic E-state index is 0.825. The second kappa shape index (κ2) is 6.41. The van der Waals surface area contributed by atoms with Gasteiger partial charge in [-0.3, -0.25) is 4.68 Å². The number of aromatic nitrogens is 4. The molecule has 0 bridgehead atoms. The lowest BCUT2D eigenvalue weighted by Crippen LogP contribution is -2.09. The average Bonchev–Trinajstić information content (AvgIpc) is 2.97. The lowest BCUT2D eigenvalue weighted by molar-refractivity contribution is 0.746. The Labute approximate surface area is 114 Å². The molecular weight excluding hydrogens is 238 g/mol. The van der Waals surface area contributed by atoms with Crippen LogP contribution in [0, 0.1) is 0 Å². The second-order valence-electron chi connectivity index (χ2n) is 4.79. The molecule has 0 aliphatic rings. The molecule has 0 saturated carbocycles. The van der Waals surface area contributed by atoms with Crippen LogP contribution >= 0.6 is 0 Å². The zero-order valence-electron chi connectivity index (χ0n) is 12.1. The summed E-state index contributed by atoms with van der Waals surface area (Å²) in [4.78, 5) is 4.37. The number of nitrogens with zero attached hydrogens (tertiary/aromatic N) is 4. The van der Waals surface area contributed by atoms with Crippen LogP contribution in [0.2, 0.25) is 0 Å². The van der Waals surface area contributed by atoms with Gasteiger partial charge in [-0.1, -0.05) is 20.3 Å². The molecular formula is C14H23N5. The fourth-order valence-electron chi connectivity index (χ4n) is 2.18. The van der Waals surface area contributed by atoms with Crippen molar-refractivity contribution in [2.75, 3.05) is 11.9 Å². The van der Waals surface area contributed by atoms with Gasteiger partial charge in [-0.05, 0) is 12.8 Å². The molecule has 2 heterocycles. The van der Waals surface area contributed by atoms with Gasteiger partial charge in [0.1, 0.15) is 0 Å². The first-order chi connectivity index (χ1) is 9.24. The lowest BCUT2D eigenvalue weighted by atomic mass is 10.2. The van der Waals surface area contributed by atoms with Gasteiger partial charge in [0.15, 0.2) is 0 Å². The third-order valence-corrected chi connectivity index (χ3v) is 3.20. The highest BCUT2D eigenvalue weighted by Gasteiger charge is 2.09. The number of hydrogen-bond donors (Lipinski definition) is 1. The molecule has 0 atom stereocenters. The van der Waals surface area contributed by atoms with E-state index < -0.39 is 0 Å². The topological polar surface area (TPSA) is 47.7 Å². The zero-order chi connectivity index (χ0) is 13.7. The lowest BCUT2D eigenvalue weighted by Gasteiger charge is -2.09. The van der Waals surface area contributed by atoms with E-state index in [4.69, 9.17) is 0 Å². The molecule has 104 valence electrons. The van der Waals surface area contributed by atoms with E-state index in [-0.39, 0.29) is 0 Å². The predicted octanol–water partition coefficient (Wildman–Crippen LogP) is 2.44. The summed E-state index contributed by atoms with van der Waals surface area (Å²) >= 11 is 0. The van der Waals surface area contributed by atoms with E-state index >= 15 is 0 Å². The summed E-state index contributed by atoms with van der Waals surface area (Å²) in [7, 11) is 1.97. The number of nitrogens with one attached hydrogen (secondary N) is 1. The average molecular weight is 261 g/mol. The molecule has 2 rings (SSSR count). The summed E-state index contributed by atoms with van der Waals surface area (Å²) in [5, 5.41) is 7.86. The van der Waals surface area contributed by atoms with Crippen molar-refractivity contribution >= 4 is 5.95 Å². The number of imidazole rings is 1. The predicted molar refractivity (Wildman–Crippen MR) is 77.3 cm³/mol. The van der Waals surface area contributed by atoms with Crippen molar-refractivity contribution in [1.82, 2.24) is 19.3 Å². The van der Waals surface area contributed by atoms with Crippen LogP contribution < -0.4 is 5.32 Å². The third kappa shape index (κ3) is 3.36. The normalized spacial score (nSPS) is 10.9. The van der Waals surface area contributed by atoms with Gasteiger partial charge in [0.05, 0.1) is 12.2 Å². The van der Waals surface area contributed by atoms with Gasteiger partial charge in [0, 0.05) is 37.7 Å². The number of aryl methyl sites for hydroxylation is 2. The zero-order valence-corrected chi connectivity index (χ0v) is 12.1. The maximum Gasteiger partial charge on any atom is 0.203 e. The molecule has 0 amide bonds. The van der Waals surface area contributed by atoms with Crippen LogP contribution in [-0.4, -0.2) is 25.9 Å². The summed E-state index contributed by atoms with van der Waals surface area (Å²) < 4.78 is 4.03. The molecule has 19 heavy (non-hydrogen) atoms. The quantitative estimate of drug-likeness (QED) is 0.779. The molecule has 0 fully saturated rings. The Hall–Kier alpha value is -1.78. The third-order valence-electron chi connectivity index (χ3n) is 3.20. The van der Waals surface area contributed by atoms with E-state index in [0.29, 0.717) is 0 Å². The molecule has 0 saturated heterocycles. The van der Waals surface area contributed by atoms with Gasteiger partial charge < -0.3 is 9.88 Å². The molecule has 5 heteroatoms. The molecule has 2 aromatic heterocycles. The van der Waals surface area contributed by atoms with Crippen LogP contribution in [0.15, 0.2) is 18.6 Å². The Kier molecular flexibility index (Phi) is 4.60. The first-order valence-electron chi connectivity index (χ1n) is 7.01. The summed E-state index contributed by atoms with van der Waals surface area (Å²) in [6, 6.07) is 0. The molecule has 0 unspecified atom stereocenters. The van der Waals surface area contributed by atoms with Gasteiger partial charge in [-0.25, -0.2) is 4.98 Å². The molecule has 1 N–H and O–H groups in total. The molecule has 0 aromatic carbocycles. The van der Waals surface area contributed by atoms with Crippen molar-refractivity contribution in [3.8, 4) is 0 Å². The largest absolute Gasteiger partial charge is 0.356 e. The van der Waals surface area contributed by atoms with E-state index in [1.54, 1.807) is 0 Å². The molecule has 2 aromatic rings. The molecule has 0 aliphatic heterocycles. The highest BCUT2D eigenvalue weighted by molar-refractivity contribution is 5.28. The fourth-order valence-corrected chi connectivity index (χ4v) is 2.18. The standard InChI is InChI=1S/C14H23N5/c1-4-6-7-15-14-16-8-9-19(14)11-12-10-18(3)17-13(12)5-2/h8-10H,4-7,11H2,1-3H3,(H,15,16). The van der Waals surface area contributed by atoms with Gasteiger partial charge in [-0.2, -0.15) is 5.10 Å². The highest BCUT2D eigenvalue weighted by Crippen LogP contribution is 2.13. The first kappa shape index (κ1) is 13.6. The van der Waals surface area contributed by atoms with Gasteiger partial charge in [0.2, 0.25) is 5.95 Å². The van der Waals surface area contributed by atoms with Crippen molar-refractivity contribution in [3.05, 3.63) is 29.8 Å². The molecule has 5 nitrogen and oxygen atoms in total. The Morgan fingerprint density at radius 1 is 1.32 bits per heavy atom. The Morgan fingerprint density at radius 3 is 2.89 bits per heavy atom. The summed E-state index contributed by atoms with van der Waals surface area (Å²) in [5.41, 5.74) is 2.43. The van der Waals surface area contributed by atoms with Crippen LogP contribution in [0.1, 0.15) is 37.9 Å². The van der Waals surface area contributed by atoms with Crippen molar-refractivity contribution in [3.63, 3.8) is 0 Å². The minimum atomic E-state index is 0.825. The van der Waals surface area contributed by atoms with E-state index in [1.807, 2.05) is 24.1 Å². The van der Waals surface area contributed by atoms with Crippen LogP contribution in [0.3, 0.4) is 0 Å². The van der Waals surface area contributed by atoms with Gasteiger partial charge >= 0.3 is 0 Å². The molecule has 0 aliphatic carbocycles. The van der Waals surface area contributed by atoms with E-state index in [1.165, 1.54) is 18.4 Å². The molecule has 0 radical (unpaired) electrons. The Balaban J connectivity index is 2.08. The number of rotatable bonds is 7. The molecule has 0 spiro atoms. The number of anilines is 1. The van der Waals surface area contributed by atoms with Crippen molar-refractivity contribution in [1.29, 1.82) is 0 Å². The highest BCUT2D eigenvalue weighted by atomic mass is 15.3. The number of hydrogen-bond acceptors (Lipinski definition) is 3. The summed E-state index contributed by atoms with van der Waals surface area (Å²) in [6.45, 7) is 6.13. The second-order valence-corrected chi connectivity index (χ2v) is 4.79. The van der Waals surface area contributed by atoms with E-state index in [9.17, 15) is 0 Å². The van der Waals surface area contributed by atoms with Crippen LogP contribution in [0.4, 0.5) is 5.95 Å². The van der Waals surface area contributed by atoms with E-state index in [2.05, 4.69) is 40.0 Å². The van der Waals surface area contributed by atoms with Crippen LogP contribution in [-0.2, 0) is 20.0 Å². The van der Waals surface area contributed by atoms with Crippen molar-refractivity contribution < 1.29 is 0 Å². The first-order valence-corrected chi connectivity index (χ1v) is 7.01. The fraction of sp³-hybridized carbons (Fsp3) is 0.571. The summed E-state index contributed by atoms with van der Waals surface area (Å²) in [5.74, 6) is 0.944. The summed E-state index contributed by atoms with van der Waals surface area (Å²) in [6.07, 6.45) is 9.27. The number of unbranched alkanes of at least 4 members (excludes halogenated alkanes) is 1. The Bertz CT molecular complexity index is 512. The maximum atomic E-state index is 4.48. The SMILES string of the molecule is CCCCNc1nccn1Cc1cn(C)nc1CC. The van der Waals surface area contributed by atoms with Crippen molar-refractivity contribution in [2.45, 2.75) is 39.7 Å². The van der Waals surface area contributed by atoms with Gasteiger partial charge in [0.25, 0.3) is 0 Å². The Morgan fingerprint density at radius 2 is 2.16 bits per heavy atom. The monoisotopic (exact) mass is 261 g/mol. The maximum absolute atomic E-state index is 4.48.